The van der Waals surface area contributed by atoms with Crippen molar-refractivity contribution in [3.63, 3.8) is 0 Å². The van der Waals surface area contributed by atoms with Gasteiger partial charge in [-0.3, -0.25) is 0 Å². The van der Waals surface area contributed by atoms with Crippen LogP contribution in [0.1, 0.15) is 18.5 Å². The van der Waals surface area contributed by atoms with E-state index in [9.17, 15) is 0 Å². The van der Waals surface area contributed by atoms with Crippen molar-refractivity contribution in [2.24, 2.45) is 5.92 Å². The van der Waals surface area contributed by atoms with Gasteiger partial charge in [0.25, 0.3) is 0 Å². The van der Waals surface area contributed by atoms with Gasteiger partial charge in [-0.05, 0) is 57.5 Å². The topological polar surface area (TPSA) is 20.5 Å². The number of hydrogen-bond acceptors (Lipinski definition) is 2. The number of hydrogen-bond donors (Lipinski definition) is 0. The normalized spacial score (nSPS) is 18.6. The molecule has 0 unspecified atom stereocenters. The van der Waals surface area contributed by atoms with Crippen LogP contribution in [0.2, 0.25) is 5.02 Å². The number of rotatable bonds is 2. The van der Waals surface area contributed by atoms with Crippen molar-refractivity contribution in [1.82, 2.24) is 14.3 Å². The van der Waals surface area contributed by atoms with Gasteiger partial charge < -0.3 is 9.30 Å². The minimum absolute atomic E-state index is 0.749. The number of piperidine rings is 1. The van der Waals surface area contributed by atoms with Crippen molar-refractivity contribution in [2.45, 2.75) is 19.3 Å². The van der Waals surface area contributed by atoms with Gasteiger partial charge in [-0.15, -0.1) is 0 Å². The fraction of sp³-hybridized carbons (Fsp3) is 0.500. The summed E-state index contributed by atoms with van der Waals surface area (Å²) in [5.74, 6) is 0.779. The van der Waals surface area contributed by atoms with Gasteiger partial charge in [0.15, 0.2) is 0 Å². The summed E-state index contributed by atoms with van der Waals surface area (Å²) in [5, 5.41) is 0.749. The molecule has 0 bridgehead atoms. The molecule has 0 N–H and O–H groups in total. The second kappa shape index (κ2) is 4.90. The molecule has 0 radical (unpaired) electrons. The number of fused-ring (bicyclic) bond motifs is 1. The van der Waals surface area contributed by atoms with Gasteiger partial charge in [-0.25, -0.2) is 4.98 Å². The fourth-order valence-electron chi connectivity index (χ4n) is 2.67. The van der Waals surface area contributed by atoms with E-state index in [-0.39, 0.29) is 0 Å². The number of likely N-dealkylation sites (tertiary alicyclic amines) is 1. The molecule has 18 heavy (non-hydrogen) atoms. The maximum atomic E-state index is 5.98. The van der Waals surface area contributed by atoms with E-state index in [4.69, 9.17) is 11.6 Å². The highest BCUT2D eigenvalue weighted by Crippen LogP contribution is 2.21. The molecule has 1 saturated heterocycles. The molecule has 2 aromatic heterocycles. The molecule has 2 aromatic rings. The van der Waals surface area contributed by atoms with E-state index in [2.05, 4.69) is 27.5 Å². The summed E-state index contributed by atoms with van der Waals surface area (Å²) in [4.78, 5) is 7.05. The maximum Gasteiger partial charge on any atom is 0.138 e. The van der Waals surface area contributed by atoms with Crippen LogP contribution in [-0.2, 0) is 6.42 Å². The molecular formula is C14H18ClN3. The Balaban J connectivity index is 1.74. The maximum absolute atomic E-state index is 5.98. The molecule has 0 aliphatic carbocycles. The van der Waals surface area contributed by atoms with Gasteiger partial charge in [0.05, 0.1) is 5.69 Å². The smallest absolute Gasteiger partial charge is 0.138 e. The lowest BCUT2D eigenvalue weighted by Gasteiger charge is -2.28. The molecule has 3 heterocycles. The molecule has 0 spiro atoms. The zero-order chi connectivity index (χ0) is 12.5. The van der Waals surface area contributed by atoms with Crippen LogP contribution in [-0.4, -0.2) is 34.4 Å². The Morgan fingerprint density at radius 3 is 2.94 bits per heavy atom. The first-order valence-corrected chi connectivity index (χ1v) is 6.90. The van der Waals surface area contributed by atoms with Crippen molar-refractivity contribution < 1.29 is 0 Å². The molecule has 1 aliphatic heterocycles. The molecular weight excluding hydrogens is 246 g/mol. The monoisotopic (exact) mass is 263 g/mol. The summed E-state index contributed by atoms with van der Waals surface area (Å²) in [5.41, 5.74) is 2.14. The quantitative estimate of drug-likeness (QED) is 0.831. The summed E-state index contributed by atoms with van der Waals surface area (Å²) in [7, 11) is 2.20. The Bertz CT molecular complexity index is 541. The van der Waals surface area contributed by atoms with E-state index in [0.29, 0.717) is 0 Å². The molecule has 1 fully saturated rings. The van der Waals surface area contributed by atoms with E-state index in [1.165, 1.54) is 31.6 Å². The highest BCUT2D eigenvalue weighted by molar-refractivity contribution is 6.30. The summed E-state index contributed by atoms with van der Waals surface area (Å²) in [6.07, 6.45) is 7.76. The van der Waals surface area contributed by atoms with Crippen molar-refractivity contribution >= 4 is 17.2 Å². The van der Waals surface area contributed by atoms with E-state index in [1.807, 2.05) is 18.3 Å². The third kappa shape index (κ3) is 2.52. The van der Waals surface area contributed by atoms with Gasteiger partial charge in [0.2, 0.25) is 0 Å². The predicted octanol–water partition coefficient (Wildman–Crippen LogP) is 2.87. The number of imidazole rings is 1. The third-order valence-corrected chi connectivity index (χ3v) is 4.04. The number of pyridine rings is 1. The third-order valence-electron chi connectivity index (χ3n) is 3.81. The van der Waals surface area contributed by atoms with Gasteiger partial charge >= 0.3 is 0 Å². The summed E-state index contributed by atoms with van der Waals surface area (Å²) in [6, 6.07) is 3.81. The number of halogens is 1. The average molecular weight is 264 g/mol. The van der Waals surface area contributed by atoms with Crippen LogP contribution >= 0.6 is 11.6 Å². The van der Waals surface area contributed by atoms with Crippen LogP contribution in [0, 0.1) is 5.92 Å². The summed E-state index contributed by atoms with van der Waals surface area (Å²) >= 11 is 5.98. The minimum Gasteiger partial charge on any atom is -0.307 e. The lowest BCUT2D eigenvalue weighted by atomic mass is 9.93. The van der Waals surface area contributed by atoms with E-state index < -0.39 is 0 Å². The molecule has 3 rings (SSSR count). The largest absolute Gasteiger partial charge is 0.307 e. The number of nitrogens with zero attached hydrogens (tertiary/aromatic N) is 3. The van der Waals surface area contributed by atoms with Crippen LogP contribution in [0.3, 0.4) is 0 Å². The molecule has 3 nitrogen and oxygen atoms in total. The van der Waals surface area contributed by atoms with Crippen molar-refractivity contribution in [3.05, 3.63) is 35.2 Å². The summed E-state index contributed by atoms with van der Waals surface area (Å²) in [6.45, 7) is 2.42. The van der Waals surface area contributed by atoms with Gasteiger partial charge in [0.1, 0.15) is 5.65 Å². The second-order valence-corrected chi connectivity index (χ2v) is 5.73. The number of aromatic nitrogens is 2. The molecule has 96 valence electrons. The lowest BCUT2D eigenvalue weighted by molar-refractivity contribution is 0.218. The first kappa shape index (κ1) is 12.0. The van der Waals surface area contributed by atoms with E-state index in [1.54, 1.807) is 0 Å². The standard InChI is InChI=1S/C14H18ClN3/c1-17-5-2-11(3-6-17)8-13-10-18-7-4-12(15)9-14(18)16-13/h4,7,9-11H,2-3,5-6,8H2,1H3. The van der Waals surface area contributed by atoms with Crippen molar-refractivity contribution in [3.8, 4) is 0 Å². The Morgan fingerprint density at radius 1 is 1.39 bits per heavy atom. The average Bonchev–Trinajstić information content (AvgIpc) is 2.73. The highest BCUT2D eigenvalue weighted by atomic mass is 35.5. The van der Waals surface area contributed by atoms with Crippen molar-refractivity contribution in [2.75, 3.05) is 20.1 Å². The Hall–Kier alpha value is -1.06. The van der Waals surface area contributed by atoms with Crippen LogP contribution in [0.15, 0.2) is 24.5 Å². The molecule has 4 heteroatoms. The van der Waals surface area contributed by atoms with Gasteiger partial charge in [0, 0.05) is 17.4 Å². The molecule has 0 atom stereocenters. The zero-order valence-electron chi connectivity index (χ0n) is 10.6. The molecule has 0 saturated carbocycles. The van der Waals surface area contributed by atoms with E-state index >= 15 is 0 Å². The first-order chi connectivity index (χ1) is 8.70. The predicted molar refractivity (Wildman–Crippen MR) is 74.1 cm³/mol. The lowest BCUT2D eigenvalue weighted by Crippen LogP contribution is -2.30. The SMILES string of the molecule is CN1CCC(Cc2cn3ccc(Cl)cc3n2)CC1. The van der Waals surface area contributed by atoms with Gasteiger partial charge in [-0.2, -0.15) is 0 Å². The van der Waals surface area contributed by atoms with Gasteiger partial charge in [-0.1, -0.05) is 11.6 Å². The fourth-order valence-corrected chi connectivity index (χ4v) is 2.82. The Morgan fingerprint density at radius 2 is 2.17 bits per heavy atom. The van der Waals surface area contributed by atoms with Crippen LogP contribution in [0.5, 0.6) is 0 Å². The summed E-state index contributed by atoms with van der Waals surface area (Å²) < 4.78 is 2.05. The Kier molecular flexibility index (Phi) is 3.27. The van der Waals surface area contributed by atoms with E-state index in [0.717, 1.165) is 23.0 Å². The Labute approximate surface area is 112 Å². The second-order valence-electron chi connectivity index (χ2n) is 5.29. The van der Waals surface area contributed by atoms with Crippen molar-refractivity contribution in [1.29, 1.82) is 0 Å². The highest BCUT2D eigenvalue weighted by Gasteiger charge is 2.18. The molecule has 0 aromatic carbocycles. The minimum atomic E-state index is 0.749. The molecule has 0 amide bonds. The van der Waals surface area contributed by atoms with Crippen LogP contribution < -0.4 is 0 Å². The van der Waals surface area contributed by atoms with Crippen LogP contribution in [0.25, 0.3) is 5.65 Å². The zero-order valence-corrected chi connectivity index (χ0v) is 11.4. The first-order valence-electron chi connectivity index (χ1n) is 6.52. The van der Waals surface area contributed by atoms with Crippen LogP contribution in [0.4, 0.5) is 0 Å². The molecule has 1 aliphatic rings.